The van der Waals surface area contributed by atoms with Crippen LogP contribution in [0.25, 0.3) is 0 Å². The van der Waals surface area contributed by atoms with E-state index >= 15 is 0 Å². The Labute approximate surface area is 180 Å². The number of halogens is 1. The second kappa shape index (κ2) is 9.13. The number of carbonyl (C=O) groups excluding carboxylic acids is 3. The molecule has 0 unspecified atom stereocenters. The number of benzene rings is 1. The van der Waals surface area contributed by atoms with E-state index < -0.39 is 23.4 Å². The average molecular weight is 424 g/mol. The van der Waals surface area contributed by atoms with Gasteiger partial charge in [0.1, 0.15) is 11.9 Å². The lowest BCUT2D eigenvalue weighted by Crippen LogP contribution is -2.34. The van der Waals surface area contributed by atoms with Crippen LogP contribution in [0.4, 0.5) is 10.1 Å². The summed E-state index contributed by atoms with van der Waals surface area (Å²) in [7, 11) is 1.62. The van der Waals surface area contributed by atoms with Crippen molar-refractivity contribution in [3.63, 3.8) is 0 Å². The zero-order chi connectivity index (χ0) is 22.7. The number of hydrogen-bond donors (Lipinski definition) is 2. The van der Waals surface area contributed by atoms with Gasteiger partial charge in [0.05, 0.1) is 16.8 Å². The van der Waals surface area contributed by atoms with Gasteiger partial charge in [0.15, 0.2) is 0 Å². The normalized spacial score (nSPS) is 13.3. The molecule has 1 fully saturated rings. The highest BCUT2D eigenvalue weighted by atomic mass is 19.1. The maximum atomic E-state index is 13.5. The van der Waals surface area contributed by atoms with Crippen molar-refractivity contribution in [3.8, 4) is 6.07 Å². The van der Waals surface area contributed by atoms with Gasteiger partial charge in [0, 0.05) is 25.0 Å². The lowest BCUT2D eigenvalue weighted by molar-refractivity contribution is -0.117. The molecular weight excluding hydrogens is 399 g/mol. The van der Waals surface area contributed by atoms with Crippen molar-refractivity contribution in [1.82, 2.24) is 9.88 Å². The van der Waals surface area contributed by atoms with Gasteiger partial charge in [-0.15, -0.1) is 0 Å². The van der Waals surface area contributed by atoms with Crippen LogP contribution < -0.4 is 10.6 Å². The monoisotopic (exact) mass is 424 g/mol. The van der Waals surface area contributed by atoms with Gasteiger partial charge in [-0.3, -0.25) is 14.4 Å². The molecule has 1 aliphatic rings. The lowest BCUT2D eigenvalue weighted by Gasteiger charge is -2.25. The molecule has 1 aromatic carbocycles. The smallest absolute Gasteiger partial charge is 0.294 e. The first kappa shape index (κ1) is 22.2. The molecule has 3 rings (SSSR count). The minimum Gasteiger partial charge on any atom is -0.349 e. The summed E-state index contributed by atoms with van der Waals surface area (Å²) < 4.78 is 15.1. The highest BCUT2D eigenvalue weighted by molar-refractivity contribution is 6.43. The van der Waals surface area contributed by atoms with Crippen molar-refractivity contribution >= 4 is 23.3 Å². The van der Waals surface area contributed by atoms with E-state index in [1.54, 1.807) is 27.0 Å². The molecule has 1 heterocycles. The zero-order valence-corrected chi connectivity index (χ0v) is 17.8. The van der Waals surface area contributed by atoms with Gasteiger partial charge in [-0.05, 0) is 49.9 Å². The van der Waals surface area contributed by atoms with E-state index in [0.29, 0.717) is 23.7 Å². The van der Waals surface area contributed by atoms with Crippen molar-refractivity contribution in [2.75, 3.05) is 11.9 Å². The summed E-state index contributed by atoms with van der Waals surface area (Å²) in [4.78, 5) is 38.0. The van der Waals surface area contributed by atoms with Gasteiger partial charge in [-0.2, -0.15) is 5.26 Å². The molecule has 31 heavy (non-hydrogen) atoms. The molecule has 2 N–H and O–H groups in total. The van der Waals surface area contributed by atoms with E-state index in [9.17, 15) is 18.8 Å². The molecule has 0 radical (unpaired) electrons. The van der Waals surface area contributed by atoms with Crippen LogP contribution in [0, 0.1) is 36.9 Å². The second-order valence-electron chi connectivity index (χ2n) is 7.92. The Morgan fingerprint density at radius 1 is 1.26 bits per heavy atom. The Morgan fingerprint density at radius 2 is 1.97 bits per heavy atom. The largest absolute Gasteiger partial charge is 0.349 e. The van der Waals surface area contributed by atoms with Crippen LogP contribution in [-0.2, 0) is 11.8 Å². The highest BCUT2D eigenvalue weighted by Gasteiger charge is 2.28. The average Bonchev–Trinajstić information content (AvgIpc) is 2.93. The number of ketones is 1. The topological polar surface area (TPSA) is 104 Å². The predicted molar refractivity (Wildman–Crippen MR) is 113 cm³/mol. The summed E-state index contributed by atoms with van der Waals surface area (Å²) in [5.41, 5.74) is 1.39. The number of hydrogen-bond acceptors (Lipinski definition) is 4. The van der Waals surface area contributed by atoms with Crippen molar-refractivity contribution in [2.24, 2.45) is 13.0 Å². The number of amides is 2. The van der Waals surface area contributed by atoms with Gasteiger partial charge in [0.25, 0.3) is 17.6 Å². The van der Waals surface area contributed by atoms with Crippen molar-refractivity contribution < 1.29 is 18.8 Å². The van der Waals surface area contributed by atoms with E-state index in [-0.39, 0.29) is 22.5 Å². The molecule has 1 aliphatic carbocycles. The molecule has 0 aliphatic heterocycles. The number of rotatable bonds is 7. The van der Waals surface area contributed by atoms with Crippen LogP contribution in [0.2, 0.25) is 0 Å². The van der Waals surface area contributed by atoms with Crippen LogP contribution in [0.3, 0.4) is 0 Å². The highest BCUT2D eigenvalue weighted by Crippen LogP contribution is 2.29. The molecule has 2 amide bonds. The van der Waals surface area contributed by atoms with Crippen molar-refractivity contribution in [2.45, 2.75) is 39.5 Å². The molecule has 0 saturated heterocycles. The van der Waals surface area contributed by atoms with E-state index in [1.807, 2.05) is 0 Å². The number of carbonyl (C=O) groups is 3. The number of anilines is 1. The quantitative estimate of drug-likeness (QED) is 0.525. The fourth-order valence-corrected chi connectivity index (χ4v) is 3.88. The van der Waals surface area contributed by atoms with Crippen molar-refractivity contribution in [3.05, 3.63) is 52.1 Å². The third kappa shape index (κ3) is 4.50. The summed E-state index contributed by atoms with van der Waals surface area (Å²) >= 11 is 0. The van der Waals surface area contributed by atoms with Crippen LogP contribution in [-0.4, -0.2) is 28.7 Å². The second-order valence-corrected chi connectivity index (χ2v) is 7.92. The third-order valence-electron chi connectivity index (χ3n) is 5.99. The molecule has 1 aromatic heterocycles. The Morgan fingerprint density at radius 3 is 2.58 bits per heavy atom. The first-order chi connectivity index (χ1) is 14.7. The van der Waals surface area contributed by atoms with Gasteiger partial charge in [-0.25, -0.2) is 4.39 Å². The predicted octanol–water partition coefficient (Wildman–Crippen LogP) is 3.39. The van der Waals surface area contributed by atoms with Crippen molar-refractivity contribution in [1.29, 1.82) is 5.26 Å². The number of nitrogens with one attached hydrogen (secondary N) is 2. The fourth-order valence-electron chi connectivity index (χ4n) is 3.88. The zero-order valence-electron chi connectivity index (χ0n) is 17.8. The summed E-state index contributed by atoms with van der Waals surface area (Å²) in [6.45, 7) is 3.75. The van der Waals surface area contributed by atoms with E-state index in [2.05, 4.69) is 10.6 Å². The van der Waals surface area contributed by atoms with Crippen LogP contribution in [0.1, 0.15) is 63.4 Å². The minimum atomic E-state index is -0.690. The first-order valence-corrected chi connectivity index (χ1v) is 10.2. The van der Waals surface area contributed by atoms with Gasteiger partial charge >= 0.3 is 0 Å². The van der Waals surface area contributed by atoms with Gasteiger partial charge in [0.2, 0.25) is 0 Å². The lowest BCUT2D eigenvalue weighted by atomic mass is 9.83. The van der Waals surface area contributed by atoms with Crippen LogP contribution in [0.5, 0.6) is 0 Å². The maximum absolute atomic E-state index is 13.5. The molecule has 2 aromatic rings. The standard InChI is InChI=1S/C23H25FN4O3/c1-13-19(22(30)27-17-7-8-18(24)16(11-17)12-25)14(2)28(3)20(13)21(29)23(31)26-10-9-15-5-4-6-15/h7-8,11,15H,4-6,9-10H2,1-3H3,(H,26,31)(H,27,30). The Balaban J connectivity index is 1.77. The van der Waals surface area contributed by atoms with E-state index in [0.717, 1.165) is 12.5 Å². The number of nitriles is 1. The number of aromatic nitrogens is 1. The first-order valence-electron chi connectivity index (χ1n) is 10.2. The van der Waals surface area contributed by atoms with Crippen LogP contribution >= 0.6 is 0 Å². The molecule has 8 heteroatoms. The van der Waals surface area contributed by atoms with E-state index in [4.69, 9.17) is 5.26 Å². The Hall–Kier alpha value is -3.47. The van der Waals surface area contributed by atoms with Crippen LogP contribution in [0.15, 0.2) is 18.2 Å². The molecule has 162 valence electrons. The van der Waals surface area contributed by atoms with Gasteiger partial charge < -0.3 is 15.2 Å². The summed E-state index contributed by atoms with van der Waals surface area (Å²) in [6, 6.07) is 5.41. The number of nitrogens with zero attached hydrogens (tertiary/aromatic N) is 2. The molecule has 7 nitrogen and oxygen atoms in total. The molecular formula is C23H25FN4O3. The third-order valence-corrected chi connectivity index (χ3v) is 5.99. The molecule has 0 atom stereocenters. The Bertz CT molecular complexity index is 1090. The SMILES string of the molecule is Cc1c(C(=O)Nc2ccc(F)c(C#N)c2)c(C)n(C)c1C(=O)C(=O)NCCC1CCC1. The molecule has 1 saturated carbocycles. The minimum absolute atomic E-state index is 0.153. The summed E-state index contributed by atoms with van der Waals surface area (Å²) in [6.07, 6.45) is 4.42. The Kier molecular flexibility index (Phi) is 6.54. The fraction of sp³-hybridized carbons (Fsp3) is 0.391. The maximum Gasteiger partial charge on any atom is 0.294 e. The molecule has 0 spiro atoms. The van der Waals surface area contributed by atoms with Gasteiger partial charge in [-0.1, -0.05) is 19.3 Å². The molecule has 0 bridgehead atoms. The summed E-state index contributed by atoms with van der Waals surface area (Å²) in [5.74, 6) is -1.94. The summed E-state index contributed by atoms with van der Waals surface area (Å²) in [5, 5.41) is 14.3. The number of Topliss-reactive ketones (excluding diaryl/α,β-unsaturated/α-hetero) is 1. The van der Waals surface area contributed by atoms with E-state index in [1.165, 1.54) is 36.0 Å².